The van der Waals surface area contributed by atoms with Crippen molar-refractivity contribution in [2.75, 3.05) is 57.0 Å². The molecular formula is C40H43FN6O4. The van der Waals surface area contributed by atoms with Crippen molar-refractivity contribution >= 4 is 23.2 Å². The largest absolute Gasteiger partial charge is 0.490 e. The number of ether oxygens (including phenoxy) is 3. The number of likely N-dealkylation sites (N-methyl/N-ethyl adjacent to an activating group) is 1. The number of nitrogens with zero attached hydrogens (tertiary/aromatic N) is 4. The Morgan fingerprint density at radius 2 is 1.57 bits per heavy atom. The third kappa shape index (κ3) is 9.59. The standard InChI is InChI=1S/C40H43FN6O4/c1-28-11-9-12-29(2)37(28)44-38(48)32-26-42-40(45-39(32)51-36-16-8-7-15-35(36)50-27-30-13-5-4-6-14-30)43-31-17-18-34(33(41)25-31)49-24-10-19-47-22-20-46(3)21-23-47/h4-9,11-18,25-26H,10,19-24,27H2,1-3H3,(H,44,48)(H,42,43,45). The molecule has 6 rings (SSSR count). The predicted octanol–water partition coefficient (Wildman–Crippen LogP) is 7.62. The third-order valence-electron chi connectivity index (χ3n) is 8.67. The zero-order valence-electron chi connectivity index (χ0n) is 29.2. The molecule has 0 radical (unpaired) electrons. The Morgan fingerprint density at radius 3 is 2.31 bits per heavy atom. The van der Waals surface area contributed by atoms with Crippen molar-refractivity contribution in [3.8, 4) is 23.1 Å². The van der Waals surface area contributed by atoms with E-state index in [0.29, 0.717) is 36.1 Å². The van der Waals surface area contributed by atoms with Crippen LogP contribution in [0.3, 0.4) is 0 Å². The maximum absolute atomic E-state index is 15.1. The highest BCUT2D eigenvalue weighted by Crippen LogP contribution is 2.34. The number of benzene rings is 4. The van der Waals surface area contributed by atoms with E-state index in [1.807, 2.05) is 68.4 Å². The number of carbonyl (C=O) groups is 1. The smallest absolute Gasteiger partial charge is 0.262 e. The van der Waals surface area contributed by atoms with E-state index in [1.54, 1.807) is 30.3 Å². The van der Waals surface area contributed by atoms with E-state index in [0.717, 1.165) is 55.8 Å². The van der Waals surface area contributed by atoms with E-state index < -0.39 is 11.7 Å². The van der Waals surface area contributed by atoms with Gasteiger partial charge < -0.3 is 34.6 Å². The van der Waals surface area contributed by atoms with Crippen LogP contribution in [0.15, 0.2) is 97.2 Å². The Bertz CT molecular complexity index is 1910. The topological polar surface area (TPSA) is 101 Å². The summed E-state index contributed by atoms with van der Waals surface area (Å²) in [5, 5.41) is 6.02. The second-order valence-corrected chi connectivity index (χ2v) is 12.6. The van der Waals surface area contributed by atoms with Crippen LogP contribution in [-0.2, 0) is 6.61 Å². The van der Waals surface area contributed by atoms with Crippen molar-refractivity contribution in [2.45, 2.75) is 26.9 Å². The fourth-order valence-corrected chi connectivity index (χ4v) is 5.71. The Labute approximate surface area is 298 Å². The number of hydrogen-bond acceptors (Lipinski definition) is 9. The summed E-state index contributed by atoms with van der Waals surface area (Å²) in [7, 11) is 2.13. The molecule has 1 aliphatic rings. The van der Waals surface area contributed by atoms with Crippen LogP contribution >= 0.6 is 0 Å². The molecule has 5 aromatic rings. The normalized spacial score (nSPS) is 13.4. The number of aromatic nitrogens is 2. The van der Waals surface area contributed by atoms with Gasteiger partial charge in [-0.05, 0) is 68.3 Å². The van der Waals surface area contributed by atoms with Crippen molar-refractivity contribution in [3.63, 3.8) is 0 Å². The SMILES string of the molecule is Cc1cccc(C)c1NC(=O)c1cnc(Nc2ccc(OCCCN3CCN(C)CC3)c(F)c2)nc1Oc1ccccc1OCc1ccccc1. The van der Waals surface area contributed by atoms with Crippen molar-refractivity contribution in [3.05, 3.63) is 125 Å². The van der Waals surface area contributed by atoms with E-state index in [4.69, 9.17) is 14.2 Å². The Morgan fingerprint density at radius 1 is 0.843 bits per heavy atom. The average Bonchev–Trinajstić information content (AvgIpc) is 3.13. The van der Waals surface area contributed by atoms with Crippen LogP contribution in [0.1, 0.15) is 33.5 Å². The van der Waals surface area contributed by atoms with Crippen LogP contribution in [0.4, 0.5) is 21.7 Å². The van der Waals surface area contributed by atoms with Gasteiger partial charge in [0.05, 0.1) is 6.61 Å². The zero-order chi connectivity index (χ0) is 35.6. The van der Waals surface area contributed by atoms with Crippen LogP contribution in [0.5, 0.6) is 23.1 Å². The van der Waals surface area contributed by atoms with Gasteiger partial charge in [-0.3, -0.25) is 4.79 Å². The van der Waals surface area contributed by atoms with Crippen LogP contribution in [0.25, 0.3) is 0 Å². The number of rotatable bonds is 14. The van der Waals surface area contributed by atoms with Gasteiger partial charge >= 0.3 is 0 Å². The van der Waals surface area contributed by atoms with Crippen molar-refractivity contribution in [2.24, 2.45) is 0 Å². The van der Waals surface area contributed by atoms with Gasteiger partial charge in [0.15, 0.2) is 23.1 Å². The fourth-order valence-electron chi connectivity index (χ4n) is 5.71. The molecule has 51 heavy (non-hydrogen) atoms. The summed E-state index contributed by atoms with van der Waals surface area (Å²) >= 11 is 0. The molecule has 1 fully saturated rings. The molecular weight excluding hydrogens is 647 g/mol. The van der Waals surface area contributed by atoms with E-state index >= 15 is 4.39 Å². The fraction of sp³-hybridized carbons (Fsp3) is 0.275. The summed E-state index contributed by atoms with van der Waals surface area (Å²) in [6.45, 7) is 9.68. The molecule has 0 spiro atoms. The number of piperazine rings is 1. The maximum Gasteiger partial charge on any atom is 0.262 e. The molecule has 1 aliphatic heterocycles. The third-order valence-corrected chi connectivity index (χ3v) is 8.67. The monoisotopic (exact) mass is 690 g/mol. The molecule has 2 heterocycles. The number of anilines is 3. The van der Waals surface area contributed by atoms with Crippen molar-refractivity contribution in [1.82, 2.24) is 19.8 Å². The molecule has 264 valence electrons. The van der Waals surface area contributed by atoms with E-state index in [1.165, 1.54) is 12.3 Å². The molecule has 1 saturated heterocycles. The van der Waals surface area contributed by atoms with Gasteiger partial charge in [0.2, 0.25) is 11.8 Å². The van der Waals surface area contributed by atoms with E-state index in [9.17, 15) is 4.79 Å². The zero-order valence-corrected chi connectivity index (χ0v) is 29.2. The summed E-state index contributed by atoms with van der Waals surface area (Å²) in [5.41, 5.74) is 4.02. The first-order valence-electron chi connectivity index (χ1n) is 17.1. The summed E-state index contributed by atoms with van der Waals surface area (Å²) < 4.78 is 33.3. The Balaban J connectivity index is 1.18. The molecule has 0 aliphatic carbocycles. The summed E-state index contributed by atoms with van der Waals surface area (Å²) in [6, 6.07) is 27.3. The minimum Gasteiger partial charge on any atom is -0.490 e. The molecule has 1 amide bonds. The van der Waals surface area contributed by atoms with Crippen LogP contribution in [-0.4, -0.2) is 72.1 Å². The molecule has 1 aromatic heterocycles. The van der Waals surface area contributed by atoms with Gasteiger partial charge in [-0.15, -0.1) is 0 Å². The molecule has 0 bridgehead atoms. The number of aryl methyl sites for hydroxylation is 2. The highest BCUT2D eigenvalue weighted by molar-refractivity contribution is 6.06. The highest BCUT2D eigenvalue weighted by Gasteiger charge is 2.21. The minimum absolute atomic E-state index is 0.00669. The van der Waals surface area contributed by atoms with Gasteiger partial charge in [-0.2, -0.15) is 4.98 Å². The molecule has 0 unspecified atom stereocenters. The maximum atomic E-state index is 15.1. The van der Waals surface area contributed by atoms with Gasteiger partial charge in [0.25, 0.3) is 5.91 Å². The number of amides is 1. The molecule has 11 heteroatoms. The predicted molar refractivity (Wildman–Crippen MR) is 197 cm³/mol. The Kier molecular flexibility index (Phi) is 11.7. The van der Waals surface area contributed by atoms with Gasteiger partial charge in [-0.25, -0.2) is 9.37 Å². The van der Waals surface area contributed by atoms with E-state index in [2.05, 4.69) is 37.4 Å². The number of para-hydroxylation sites is 3. The van der Waals surface area contributed by atoms with Crippen LogP contribution < -0.4 is 24.8 Å². The minimum atomic E-state index is -0.509. The molecule has 10 nitrogen and oxygen atoms in total. The summed E-state index contributed by atoms with van der Waals surface area (Å²) in [6.07, 6.45) is 2.19. The number of halogens is 1. The summed E-state index contributed by atoms with van der Waals surface area (Å²) in [5.74, 6) is 0.150. The number of hydrogen-bond donors (Lipinski definition) is 2. The van der Waals surface area contributed by atoms with Crippen LogP contribution in [0, 0.1) is 19.7 Å². The lowest BCUT2D eigenvalue weighted by atomic mass is 10.1. The van der Waals surface area contributed by atoms with Crippen molar-refractivity contribution in [1.29, 1.82) is 0 Å². The van der Waals surface area contributed by atoms with Gasteiger partial charge in [0.1, 0.15) is 12.2 Å². The Hall–Kier alpha value is -5.52. The van der Waals surface area contributed by atoms with Crippen molar-refractivity contribution < 1.29 is 23.4 Å². The molecule has 0 atom stereocenters. The van der Waals surface area contributed by atoms with Gasteiger partial charge in [-0.1, -0.05) is 60.7 Å². The quantitative estimate of drug-likeness (QED) is 0.114. The lowest BCUT2D eigenvalue weighted by Crippen LogP contribution is -2.44. The second-order valence-electron chi connectivity index (χ2n) is 12.6. The van der Waals surface area contributed by atoms with Crippen LogP contribution in [0.2, 0.25) is 0 Å². The first kappa shape index (κ1) is 35.3. The average molecular weight is 691 g/mol. The summed E-state index contributed by atoms with van der Waals surface area (Å²) in [4.78, 5) is 27.4. The highest BCUT2D eigenvalue weighted by atomic mass is 19.1. The first-order chi connectivity index (χ1) is 24.8. The lowest BCUT2D eigenvalue weighted by molar-refractivity contribution is 0.102. The number of carbonyl (C=O) groups excluding carboxylic acids is 1. The van der Waals surface area contributed by atoms with E-state index in [-0.39, 0.29) is 23.1 Å². The molecule has 0 saturated carbocycles. The molecule has 2 N–H and O–H groups in total. The first-order valence-corrected chi connectivity index (χ1v) is 17.1. The second kappa shape index (κ2) is 16.9. The number of nitrogens with one attached hydrogen (secondary N) is 2. The lowest BCUT2D eigenvalue weighted by Gasteiger charge is -2.32. The van der Waals surface area contributed by atoms with Gasteiger partial charge in [0, 0.05) is 56.4 Å². The molecule has 4 aromatic carbocycles.